The number of piperidine rings is 1. The van der Waals surface area contributed by atoms with Crippen LogP contribution in [0.4, 0.5) is 4.79 Å². The van der Waals surface area contributed by atoms with Crippen molar-refractivity contribution in [2.75, 3.05) is 37.7 Å². The van der Waals surface area contributed by atoms with Gasteiger partial charge in [0.1, 0.15) is 12.1 Å². The molecule has 3 fully saturated rings. The third kappa shape index (κ3) is 4.07. The van der Waals surface area contributed by atoms with E-state index in [1.54, 1.807) is 4.90 Å². The number of primary amides is 1. The first-order chi connectivity index (χ1) is 14.5. The largest absolute Gasteiger partial charge is 0.368 e. The average Bonchev–Trinajstić information content (AvgIpc) is 2.95. The maximum absolute atomic E-state index is 13.4. The number of imide groups is 1. The Hall–Kier alpha value is -2.06. The van der Waals surface area contributed by atoms with Gasteiger partial charge in [0, 0.05) is 25.7 Å². The predicted octanol–water partition coefficient (Wildman–Crippen LogP) is 1.71. The van der Waals surface area contributed by atoms with Crippen molar-refractivity contribution in [1.29, 1.82) is 0 Å². The zero-order valence-corrected chi connectivity index (χ0v) is 18.1. The van der Waals surface area contributed by atoms with Gasteiger partial charge in [0.2, 0.25) is 5.91 Å². The molecule has 3 saturated heterocycles. The van der Waals surface area contributed by atoms with E-state index in [4.69, 9.17) is 5.73 Å². The smallest absolute Gasteiger partial charge is 0.328 e. The van der Waals surface area contributed by atoms with Crippen molar-refractivity contribution in [3.8, 4) is 0 Å². The molecule has 1 aromatic rings. The average molecular weight is 431 g/mol. The Balaban J connectivity index is 1.52. The van der Waals surface area contributed by atoms with Crippen molar-refractivity contribution >= 4 is 29.6 Å². The normalized spacial score (nSPS) is 22.8. The molecule has 0 unspecified atom stereocenters. The van der Waals surface area contributed by atoms with E-state index >= 15 is 0 Å². The summed E-state index contributed by atoms with van der Waals surface area (Å²) in [6.07, 6.45) is 4.29. The number of hydrogen-bond acceptors (Lipinski definition) is 5. The maximum atomic E-state index is 13.4. The fourth-order valence-electron chi connectivity index (χ4n) is 5.07. The van der Waals surface area contributed by atoms with Crippen molar-refractivity contribution < 1.29 is 14.4 Å². The van der Waals surface area contributed by atoms with Crippen LogP contribution in [0.1, 0.15) is 31.2 Å². The summed E-state index contributed by atoms with van der Waals surface area (Å²) in [7, 11) is 0. The van der Waals surface area contributed by atoms with Crippen LogP contribution in [0.5, 0.6) is 0 Å². The Morgan fingerprint density at radius 2 is 1.77 bits per heavy atom. The number of benzene rings is 1. The molecule has 3 heterocycles. The second-order valence-electron chi connectivity index (χ2n) is 8.44. The highest BCUT2D eigenvalue weighted by molar-refractivity contribution is 7.99. The van der Waals surface area contributed by atoms with Gasteiger partial charge in [0.15, 0.2) is 0 Å². The summed E-state index contributed by atoms with van der Waals surface area (Å²) in [5.41, 5.74) is 5.61. The number of rotatable bonds is 6. The predicted molar refractivity (Wildman–Crippen MR) is 117 cm³/mol. The number of likely N-dealkylation sites (tertiary alicyclic amines) is 1. The summed E-state index contributed by atoms with van der Waals surface area (Å²) in [6, 6.07) is 10.2. The summed E-state index contributed by atoms with van der Waals surface area (Å²) in [6.45, 7) is 1.73. The fraction of sp³-hybridized carbons (Fsp3) is 0.591. The van der Waals surface area contributed by atoms with E-state index in [1.807, 2.05) is 42.1 Å². The van der Waals surface area contributed by atoms with Gasteiger partial charge < -0.3 is 15.5 Å². The summed E-state index contributed by atoms with van der Waals surface area (Å²) in [5.74, 6) is 1.48. The van der Waals surface area contributed by atoms with Crippen LogP contribution in [0, 0.1) is 0 Å². The third-order valence-corrected chi connectivity index (χ3v) is 7.78. The Labute approximate surface area is 181 Å². The van der Waals surface area contributed by atoms with Gasteiger partial charge in [-0.3, -0.25) is 14.5 Å². The Morgan fingerprint density at radius 3 is 2.40 bits per heavy atom. The number of nitrogens with zero attached hydrogens (tertiary/aromatic N) is 3. The summed E-state index contributed by atoms with van der Waals surface area (Å²) < 4.78 is 0. The van der Waals surface area contributed by atoms with Gasteiger partial charge in [-0.15, -0.1) is 0 Å². The highest BCUT2D eigenvalue weighted by atomic mass is 32.2. The minimum Gasteiger partial charge on any atom is -0.368 e. The number of urea groups is 1. The van der Waals surface area contributed by atoms with Gasteiger partial charge in [-0.2, -0.15) is 11.8 Å². The molecule has 0 saturated carbocycles. The van der Waals surface area contributed by atoms with Crippen LogP contribution in [0.2, 0.25) is 0 Å². The monoisotopic (exact) mass is 430 g/mol. The number of carbonyl (C=O) groups is 3. The first-order valence-corrected chi connectivity index (χ1v) is 11.9. The molecule has 0 bridgehead atoms. The van der Waals surface area contributed by atoms with Crippen LogP contribution >= 0.6 is 11.8 Å². The second kappa shape index (κ2) is 8.98. The Kier molecular flexibility index (Phi) is 6.34. The molecule has 0 aromatic heterocycles. The molecule has 1 aromatic carbocycles. The van der Waals surface area contributed by atoms with Crippen molar-refractivity contribution in [2.24, 2.45) is 5.73 Å². The lowest BCUT2D eigenvalue weighted by molar-refractivity contribution is -0.138. The lowest BCUT2D eigenvalue weighted by atomic mass is 9.84. The second-order valence-corrected chi connectivity index (χ2v) is 9.66. The van der Waals surface area contributed by atoms with Crippen molar-refractivity contribution in [1.82, 2.24) is 14.7 Å². The molecule has 30 heavy (non-hydrogen) atoms. The minimum absolute atomic E-state index is 0.252. The van der Waals surface area contributed by atoms with Crippen molar-refractivity contribution in [3.63, 3.8) is 0 Å². The van der Waals surface area contributed by atoms with Gasteiger partial charge in [-0.25, -0.2) is 4.79 Å². The highest BCUT2D eigenvalue weighted by Crippen LogP contribution is 2.38. The molecular weight excluding hydrogens is 400 g/mol. The van der Waals surface area contributed by atoms with Crippen LogP contribution in [-0.4, -0.2) is 81.8 Å². The SMILES string of the molecule is NC(=O)CN1C(=O)N(CCc2ccccc2)C2(CCN(C3CCSCC3)CC2)C1=O. The Morgan fingerprint density at radius 1 is 1.10 bits per heavy atom. The molecule has 0 radical (unpaired) electrons. The zero-order valence-electron chi connectivity index (χ0n) is 17.3. The van der Waals surface area contributed by atoms with Gasteiger partial charge in [0.05, 0.1) is 0 Å². The molecule has 0 aliphatic carbocycles. The van der Waals surface area contributed by atoms with Crippen molar-refractivity contribution in [2.45, 2.75) is 43.7 Å². The lowest BCUT2D eigenvalue weighted by Crippen LogP contribution is -2.58. The van der Waals surface area contributed by atoms with E-state index in [9.17, 15) is 14.4 Å². The molecule has 4 rings (SSSR count). The van der Waals surface area contributed by atoms with Gasteiger partial charge in [-0.05, 0) is 49.2 Å². The van der Waals surface area contributed by atoms with Gasteiger partial charge in [-0.1, -0.05) is 30.3 Å². The molecule has 8 heteroatoms. The van der Waals surface area contributed by atoms with E-state index in [2.05, 4.69) is 4.90 Å². The van der Waals surface area contributed by atoms with Crippen LogP contribution in [0.3, 0.4) is 0 Å². The molecule has 4 amide bonds. The molecule has 2 N–H and O–H groups in total. The maximum Gasteiger partial charge on any atom is 0.328 e. The topological polar surface area (TPSA) is 86.9 Å². The molecule has 7 nitrogen and oxygen atoms in total. The van der Waals surface area contributed by atoms with Crippen LogP contribution in [-0.2, 0) is 16.0 Å². The first-order valence-electron chi connectivity index (χ1n) is 10.8. The molecule has 162 valence electrons. The molecule has 1 spiro atoms. The lowest BCUT2D eigenvalue weighted by Gasteiger charge is -2.45. The van der Waals surface area contributed by atoms with Crippen LogP contribution < -0.4 is 5.73 Å². The fourth-order valence-corrected chi connectivity index (χ4v) is 6.15. The van der Waals surface area contributed by atoms with Crippen LogP contribution in [0.25, 0.3) is 0 Å². The van der Waals surface area contributed by atoms with E-state index in [-0.39, 0.29) is 18.5 Å². The first kappa shape index (κ1) is 21.2. The Bertz CT molecular complexity index is 789. The standard InChI is InChI=1S/C22H30N4O3S/c23-19(27)16-25-20(28)22(9-12-24(13-10-22)18-7-14-30-15-8-18)26(21(25)29)11-6-17-4-2-1-3-5-17/h1-5,18H,6-16H2,(H2,23,27). The number of hydrogen-bond donors (Lipinski definition) is 1. The highest BCUT2D eigenvalue weighted by Gasteiger charge is 2.58. The molecule has 3 aliphatic rings. The summed E-state index contributed by atoms with van der Waals surface area (Å²) in [5, 5.41) is 0. The van der Waals surface area contributed by atoms with E-state index < -0.39 is 11.4 Å². The van der Waals surface area contributed by atoms with Gasteiger partial charge in [0.25, 0.3) is 5.91 Å². The quantitative estimate of drug-likeness (QED) is 0.695. The minimum atomic E-state index is -0.846. The number of thioether (sulfide) groups is 1. The van der Waals surface area contributed by atoms with Gasteiger partial charge >= 0.3 is 6.03 Å². The zero-order chi connectivity index (χ0) is 21.1. The summed E-state index contributed by atoms with van der Waals surface area (Å²) in [4.78, 5) is 43.3. The molecule has 0 atom stereocenters. The van der Waals surface area contributed by atoms with E-state index in [0.29, 0.717) is 31.8 Å². The molecule has 3 aliphatic heterocycles. The number of carbonyl (C=O) groups excluding carboxylic acids is 3. The van der Waals surface area contributed by atoms with E-state index in [1.165, 1.54) is 24.3 Å². The molecular formula is C22H30N4O3S. The summed E-state index contributed by atoms with van der Waals surface area (Å²) >= 11 is 2.01. The number of amides is 4. The third-order valence-electron chi connectivity index (χ3n) is 6.74. The number of nitrogens with two attached hydrogens (primary N) is 1. The van der Waals surface area contributed by atoms with Crippen molar-refractivity contribution in [3.05, 3.63) is 35.9 Å². The van der Waals surface area contributed by atoms with Crippen LogP contribution in [0.15, 0.2) is 30.3 Å². The van der Waals surface area contributed by atoms with E-state index in [0.717, 1.165) is 23.6 Å².